The highest BCUT2D eigenvalue weighted by Crippen LogP contribution is 2.28. The van der Waals surface area contributed by atoms with Gasteiger partial charge in [-0.25, -0.2) is 0 Å². The van der Waals surface area contributed by atoms with Gasteiger partial charge in [-0.1, -0.05) is 25.0 Å². The fourth-order valence-corrected chi connectivity index (χ4v) is 1.28. The van der Waals surface area contributed by atoms with Gasteiger partial charge in [0, 0.05) is 0 Å². The zero-order chi connectivity index (χ0) is 10.5. The zero-order valence-electron chi connectivity index (χ0n) is 9.05. The second-order valence-corrected chi connectivity index (χ2v) is 4.10. The highest BCUT2D eigenvalue weighted by atomic mass is 16.4. The number of carbonyl (C=O) groups is 1. The molecule has 13 heavy (non-hydrogen) atoms. The molecule has 0 aromatic heterocycles. The number of rotatable bonds is 5. The smallest absolute Gasteiger partial charge is 0.309 e. The van der Waals surface area contributed by atoms with Crippen LogP contribution >= 0.6 is 0 Å². The summed E-state index contributed by atoms with van der Waals surface area (Å²) in [7, 11) is 0. The highest BCUT2D eigenvalue weighted by Gasteiger charge is 2.30. The third kappa shape index (κ3) is 4.11. The van der Waals surface area contributed by atoms with Crippen molar-refractivity contribution in [3.05, 3.63) is 11.6 Å². The summed E-state index contributed by atoms with van der Waals surface area (Å²) in [5.41, 5.74) is 0.607. The van der Waals surface area contributed by atoms with E-state index in [1.807, 2.05) is 33.8 Å². The molecule has 0 saturated heterocycles. The van der Waals surface area contributed by atoms with Crippen LogP contribution in [0, 0.1) is 5.41 Å². The van der Waals surface area contributed by atoms with Crippen molar-refractivity contribution in [2.24, 2.45) is 5.41 Å². The largest absolute Gasteiger partial charge is 0.481 e. The van der Waals surface area contributed by atoms with Crippen LogP contribution in [0.4, 0.5) is 0 Å². The molecule has 1 atom stereocenters. The van der Waals surface area contributed by atoms with Crippen LogP contribution in [0.2, 0.25) is 0 Å². The molecule has 0 saturated carbocycles. The summed E-state index contributed by atoms with van der Waals surface area (Å²) in [6, 6.07) is 0. The lowest BCUT2D eigenvalue weighted by Gasteiger charge is -2.22. The predicted octanol–water partition coefficient (Wildman–Crippen LogP) is 3.23. The van der Waals surface area contributed by atoms with Gasteiger partial charge in [-0.15, -0.1) is 0 Å². The molecule has 0 aliphatic rings. The molecule has 0 radical (unpaired) electrons. The van der Waals surface area contributed by atoms with E-state index in [1.54, 1.807) is 0 Å². The van der Waals surface area contributed by atoms with E-state index in [1.165, 1.54) is 5.57 Å². The molecule has 0 rings (SSSR count). The van der Waals surface area contributed by atoms with E-state index in [-0.39, 0.29) is 0 Å². The summed E-state index contributed by atoms with van der Waals surface area (Å²) in [5.74, 6) is -0.688. The Kier molecular flexibility index (Phi) is 4.74. The fraction of sp³-hybridized carbons (Fsp3) is 0.727. The van der Waals surface area contributed by atoms with Gasteiger partial charge in [-0.2, -0.15) is 0 Å². The molecule has 0 aliphatic heterocycles. The Morgan fingerprint density at radius 2 is 2.00 bits per heavy atom. The van der Waals surface area contributed by atoms with Gasteiger partial charge in [-0.3, -0.25) is 4.79 Å². The molecule has 0 heterocycles. The van der Waals surface area contributed by atoms with Gasteiger partial charge in [0.05, 0.1) is 5.41 Å². The minimum Gasteiger partial charge on any atom is -0.481 e. The maximum atomic E-state index is 11.0. The maximum Gasteiger partial charge on any atom is 0.309 e. The van der Waals surface area contributed by atoms with Crippen LogP contribution < -0.4 is 0 Å². The summed E-state index contributed by atoms with van der Waals surface area (Å²) >= 11 is 0. The lowest BCUT2D eigenvalue weighted by atomic mass is 9.82. The first-order valence-corrected chi connectivity index (χ1v) is 4.79. The molecule has 2 heteroatoms. The molecular weight excluding hydrogens is 164 g/mol. The molecule has 0 aromatic rings. The normalized spacial score (nSPS) is 14.8. The minimum atomic E-state index is -0.688. The summed E-state index contributed by atoms with van der Waals surface area (Å²) in [6.07, 6.45) is 4.30. The van der Waals surface area contributed by atoms with Gasteiger partial charge in [-0.05, 0) is 33.6 Å². The third-order valence-corrected chi connectivity index (χ3v) is 2.28. The molecule has 1 unspecified atom stereocenters. The minimum absolute atomic E-state index is 0.577. The number of allylic oxidation sites excluding steroid dienone is 2. The van der Waals surface area contributed by atoms with Crippen molar-refractivity contribution < 1.29 is 9.90 Å². The Morgan fingerprint density at radius 3 is 2.31 bits per heavy atom. The van der Waals surface area contributed by atoms with Crippen LogP contribution in [0.5, 0.6) is 0 Å². The lowest BCUT2D eigenvalue weighted by molar-refractivity contribution is -0.148. The highest BCUT2D eigenvalue weighted by molar-refractivity contribution is 5.74. The van der Waals surface area contributed by atoms with Gasteiger partial charge in [0.25, 0.3) is 0 Å². The van der Waals surface area contributed by atoms with E-state index in [4.69, 9.17) is 5.11 Å². The van der Waals surface area contributed by atoms with E-state index in [0.717, 1.165) is 12.8 Å². The Morgan fingerprint density at radius 1 is 1.46 bits per heavy atom. The molecule has 0 amide bonds. The number of hydrogen-bond donors (Lipinski definition) is 1. The predicted molar refractivity (Wildman–Crippen MR) is 54.7 cm³/mol. The Bertz CT molecular complexity index is 202. The van der Waals surface area contributed by atoms with Crippen LogP contribution in [-0.2, 0) is 4.79 Å². The zero-order valence-corrected chi connectivity index (χ0v) is 9.05. The molecule has 0 aromatic carbocycles. The summed E-state index contributed by atoms with van der Waals surface area (Å²) in [4.78, 5) is 11.0. The monoisotopic (exact) mass is 184 g/mol. The van der Waals surface area contributed by atoms with Crippen molar-refractivity contribution in [3.63, 3.8) is 0 Å². The molecular formula is C11H20O2. The first-order chi connectivity index (χ1) is 5.92. The van der Waals surface area contributed by atoms with E-state index in [0.29, 0.717) is 6.42 Å². The standard InChI is InChI=1S/C11H20O2/c1-5-7-11(4,10(12)13)8-6-9(2)3/h6H,5,7-8H2,1-4H3,(H,12,13). The van der Waals surface area contributed by atoms with Crippen molar-refractivity contribution >= 4 is 5.97 Å². The molecule has 0 fully saturated rings. The number of hydrogen-bond acceptors (Lipinski definition) is 1. The number of carboxylic acid groups (broad SMARTS) is 1. The van der Waals surface area contributed by atoms with Gasteiger partial charge < -0.3 is 5.11 Å². The third-order valence-electron chi connectivity index (χ3n) is 2.28. The van der Waals surface area contributed by atoms with E-state index in [9.17, 15) is 4.79 Å². The molecule has 76 valence electrons. The van der Waals surface area contributed by atoms with Crippen LogP contribution in [0.3, 0.4) is 0 Å². The first kappa shape index (κ1) is 12.2. The summed E-state index contributed by atoms with van der Waals surface area (Å²) < 4.78 is 0. The van der Waals surface area contributed by atoms with Gasteiger partial charge in [0.2, 0.25) is 0 Å². The summed E-state index contributed by atoms with van der Waals surface area (Å²) in [5, 5.41) is 9.05. The van der Waals surface area contributed by atoms with Crippen LogP contribution in [-0.4, -0.2) is 11.1 Å². The van der Waals surface area contributed by atoms with Gasteiger partial charge in [0.15, 0.2) is 0 Å². The topological polar surface area (TPSA) is 37.3 Å². The average Bonchev–Trinajstić information content (AvgIpc) is 2.01. The van der Waals surface area contributed by atoms with Crippen LogP contribution in [0.25, 0.3) is 0 Å². The first-order valence-electron chi connectivity index (χ1n) is 4.79. The van der Waals surface area contributed by atoms with Crippen molar-refractivity contribution in [1.82, 2.24) is 0 Å². The Hall–Kier alpha value is -0.790. The van der Waals surface area contributed by atoms with Gasteiger partial charge >= 0.3 is 5.97 Å². The van der Waals surface area contributed by atoms with Crippen molar-refractivity contribution in [2.45, 2.75) is 47.0 Å². The van der Waals surface area contributed by atoms with Crippen molar-refractivity contribution in [2.75, 3.05) is 0 Å². The Labute approximate surface area is 80.7 Å². The van der Waals surface area contributed by atoms with E-state index >= 15 is 0 Å². The lowest BCUT2D eigenvalue weighted by Crippen LogP contribution is -2.26. The van der Waals surface area contributed by atoms with Crippen LogP contribution in [0.1, 0.15) is 47.0 Å². The van der Waals surface area contributed by atoms with Gasteiger partial charge in [0.1, 0.15) is 0 Å². The quantitative estimate of drug-likeness (QED) is 0.666. The molecule has 2 nitrogen and oxygen atoms in total. The molecule has 0 spiro atoms. The second-order valence-electron chi connectivity index (χ2n) is 4.10. The second kappa shape index (κ2) is 5.05. The summed E-state index contributed by atoms with van der Waals surface area (Å²) in [6.45, 7) is 7.82. The maximum absolute atomic E-state index is 11.0. The fourth-order valence-electron chi connectivity index (χ4n) is 1.28. The number of aliphatic carboxylic acids is 1. The molecule has 0 bridgehead atoms. The van der Waals surface area contributed by atoms with E-state index in [2.05, 4.69) is 0 Å². The molecule has 0 aliphatic carbocycles. The SMILES string of the molecule is CCCC(C)(CC=C(C)C)C(=O)O. The van der Waals surface area contributed by atoms with Crippen LogP contribution in [0.15, 0.2) is 11.6 Å². The Balaban J connectivity index is 4.42. The average molecular weight is 184 g/mol. The van der Waals surface area contributed by atoms with E-state index < -0.39 is 11.4 Å². The number of carboxylic acids is 1. The van der Waals surface area contributed by atoms with Crippen molar-refractivity contribution in [1.29, 1.82) is 0 Å². The molecule has 1 N–H and O–H groups in total. The van der Waals surface area contributed by atoms with Crippen molar-refractivity contribution in [3.8, 4) is 0 Å².